The Morgan fingerprint density at radius 3 is 1.62 bits per heavy atom. The van der Waals surface area contributed by atoms with Gasteiger partial charge in [-0.3, -0.25) is 0 Å². The highest BCUT2D eigenvalue weighted by molar-refractivity contribution is 6.38. The maximum absolute atomic E-state index is 11.4. The first-order valence-electron chi connectivity index (χ1n) is 1.54. The fourth-order valence-corrected chi connectivity index (χ4v) is 0.165. The molecule has 0 fully saturated rings. The van der Waals surface area contributed by atoms with E-state index < -0.39 is 16.7 Å². The van der Waals surface area contributed by atoms with Gasteiger partial charge < -0.3 is 0 Å². The van der Waals surface area contributed by atoms with E-state index >= 15 is 0 Å². The predicted molar refractivity (Wildman–Crippen MR) is 25.8 cm³/mol. The Bertz CT molecular complexity index is 105. The van der Waals surface area contributed by atoms with E-state index in [1.54, 1.807) is 0 Å². The standard InChI is InChI=1S/C3HCl2F3/c4-1(2(5)6)3(7)8/h3H/b2-1+. The van der Waals surface area contributed by atoms with Crippen LogP contribution in [0.25, 0.3) is 0 Å². The summed E-state index contributed by atoms with van der Waals surface area (Å²) in [6.07, 6.45) is -3.02. The van der Waals surface area contributed by atoms with Crippen molar-refractivity contribution in [1.29, 1.82) is 0 Å². The summed E-state index contributed by atoms with van der Waals surface area (Å²) in [7, 11) is 0. The van der Waals surface area contributed by atoms with Crippen molar-refractivity contribution in [3.63, 3.8) is 0 Å². The Hall–Kier alpha value is 0.110. The molecule has 0 aliphatic rings. The van der Waals surface area contributed by atoms with Crippen molar-refractivity contribution >= 4 is 23.2 Å². The maximum atomic E-state index is 11.4. The fourth-order valence-electron chi connectivity index (χ4n) is 0.0825. The molecule has 0 heterocycles. The molecule has 0 atom stereocenters. The van der Waals surface area contributed by atoms with Gasteiger partial charge in [-0.25, -0.2) is 8.78 Å². The molecule has 0 unspecified atom stereocenters. The Balaban J connectivity index is 4.00. The molecule has 0 aliphatic heterocycles. The van der Waals surface area contributed by atoms with Crippen molar-refractivity contribution in [3.8, 4) is 0 Å². The smallest absolute Gasteiger partial charge is 0.204 e. The normalized spacial score (nSPS) is 14.2. The molecule has 0 N–H and O–H groups in total. The molecule has 0 aromatic heterocycles. The van der Waals surface area contributed by atoms with Gasteiger partial charge in [-0.05, 0) is 11.6 Å². The predicted octanol–water partition coefficient (Wildman–Crippen LogP) is 2.87. The summed E-state index contributed by atoms with van der Waals surface area (Å²) in [6, 6.07) is 0. The van der Waals surface area contributed by atoms with Gasteiger partial charge in [-0.1, -0.05) is 11.6 Å². The van der Waals surface area contributed by atoms with Gasteiger partial charge in [0.1, 0.15) is 5.03 Å². The molecule has 0 saturated heterocycles. The number of alkyl halides is 2. The van der Waals surface area contributed by atoms with Crippen molar-refractivity contribution in [2.45, 2.75) is 6.43 Å². The first-order chi connectivity index (χ1) is 3.55. The summed E-state index contributed by atoms with van der Waals surface area (Å²) < 4.78 is 33.7. The maximum Gasteiger partial charge on any atom is 0.277 e. The van der Waals surface area contributed by atoms with E-state index in [1.165, 1.54) is 0 Å². The van der Waals surface area contributed by atoms with Crippen molar-refractivity contribution in [1.82, 2.24) is 0 Å². The van der Waals surface area contributed by atoms with Crippen LogP contribution in [0.1, 0.15) is 0 Å². The van der Waals surface area contributed by atoms with Crippen molar-refractivity contribution < 1.29 is 13.2 Å². The second kappa shape index (κ2) is 3.20. The average molecular weight is 165 g/mol. The zero-order chi connectivity index (χ0) is 6.73. The zero-order valence-corrected chi connectivity index (χ0v) is 4.98. The second-order valence-electron chi connectivity index (χ2n) is 0.909. The Morgan fingerprint density at radius 1 is 1.25 bits per heavy atom. The number of allylic oxidation sites excluding steroid dienone is 1. The number of hydrogen-bond acceptors (Lipinski definition) is 0. The molecule has 0 aromatic carbocycles. The lowest BCUT2D eigenvalue weighted by molar-refractivity contribution is 0.196. The lowest BCUT2D eigenvalue weighted by Crippen LogP contribution is -1.88. The molecule has 0 rings (SSSR count). The summed E-state index contributed by atoms with van der Waals surface area (Å²) in [5, 5.41) is -2.80. The topological polar surface area (TPSA) is 0 Å². The van der Waals surface area contributed by atoms with E-state index in [-0.39, 0.29) is 0 Å². The molecule has 0 nitrogen and oxygen atoms in total. The number of halogens is 5. The van der Waals surface area contributed by atoms with Crippen LogP contribution in [-0.2, 0) is 0 Å². The third-order valence-corrected chi connectivity index (χ3v) is 1.00. The van der Waals surface area contributed by atoms with Crippen molar-refractivity contribution in [3.05, 3.63) is 10.3 Å². The minimum Gasteiger partial charge on any atom is -0.204 e. The number of hydrogen-bond donors (Lipinski definition) is 0. The highest BCUT2D eigenvalue weighted by Gasteiger charge is 2.12. The van der Waals surface area contributed by atoms with Gasteiger partial charge in [0.05, 0.1) is 0 Å². The Labute approximate surface area is 53.9 Å². The molecule has 0 saturated carbocycles. The third kappa shape index (κ3) is 2.43. The summed E-state index contributed by atoms with van der Waals surface area (Å²) in [4.78, 5) is 0. The molecular weight excluding hydrogens is 164 g/mol. The van der Waals surface area contributed by atoms with Gasteiger partial charge in [0.2, 0.25) is 5.29 Å². The molecule has 0 aromatic rings. The summed E-state index contributed by atoms with van der Waals surface area (Å²) in [5.41, 5.74) is 0. The molecule has 8 heavy (non-hydrogen) atoms. The summed E-state index contributed by atoms with van der Waals surface area (Å²) >= 11 is 9.00. The van der Waals surface area contributed by atoms with Crippen LogP contribution in [0.2, 0.25) is 0 Å². The quantitative estimate of drug-likeness (QED) is 0.560. The molecule has 0 aliphatic carbocycles. The van der Waals surface area contributed by atoms with Gasteiger partial charge in [0.15, 0.2) is 0 Å². The van der Waals surface area contributed by atoms with Gasteiger partial charge >= 0.3 is 0 Å². The van der Waals surface area contributed by atoms with Crippen LogP contribution < -0.4 is 0 Å². The highest BCUT2D eigenvalue weighted by atomic mass is 35.5. The highest BCUT2D eigenvalue weighted by Crippen LogP contribution is 2.21. The van der Waals surface area contributed by atoms with Crippen LogP contribution in [0.4, 0.5) is 13.2 Å². The third-order valence-electron chi connectivity index (χ3n) is 0.372. The molecule has 0 spiro atoms. The molecule has 0 amide bonds. The van der Waals surface area contributed by atoms with E-state index in [1.807, 2.05) is 0 Å². The summed E-state index contributed by atoms with van der Waals surface area (Å²) in [5.74, 6) is 0. The van der Waals surface area contributed by atoms with E-state index in [2.05, 4.69) is 23.2 Å². The zero-order valence-electron chi connectivity index (χ0n) is 3.47. The Kier molecular flexibility index (Phi) is 3.24. The van der Waals surface area contributed by atoms with E-state index in [9.17, 15) is 13.2 Å². The molecule has 5 heteroatoms. The molecular formula is C3HCl2F3. The van der Waals surface area contributed by atoms with E-state index in [0.717, 1.165) is 0 Å². The van der Waals surface area contributed by atoms with E-state index in [4.69, 9.17) is 0 Å². The van der Waals surface area contributed by atoms with Gasteiger partial charge in [0, 0.05) is 0 Å². The van der Waals surface area contributed by atoms with Gasteiger partial charge in [0.25, 0.3) is 6.43 Å². The van der Waals surface area contributed by atoms with Crippen molar-refractivity contribution in [2.24, 2.45) is 0 Å². The van der Waals surface area contributed by atoms with Crippen LogP contribution in [0.5, 0.6) is 0 Å². The lowest BCUT2D eigenvalue weighted by Gasteiger charge is -1.91. The van der Waals surface area contributed by atoms with Crippen LogP contribution in [0.15, 0.2) is 10.3 Å². The van der Waals surface area contributed by atoms with Crippen LogP contribution in [-0.4, -0.2) is 6.43 Å². The largest absolute Gasteiger partial charge is 0.277 e. The first kappa shape index (κ1) is 8.11. The van der Waals surface area contributed by atoms with Gasteiger partial charge in [-0.2, -0.15) is 4.39 Å². The van der Waals surface area contributed by atoms with Crippen LogP contribution in [0.3, 0.4) is 0 Å². The lowest BCUT2D eigenvalue weighted by atomic mass is 10.7. The second-order valence-corrected chi connectivity index (χ2v) is 1.65. The SMILES string of the molecule is F/C(Cl)=C(/Cl)C(F)F. The molecule has 0 radical (unpaired) electrons. The average Bonchev–Trinajstić information content (AvgIpc) is 1.64. The minimum absolute atomic E-state index is 1.24. The minimum atomic E-state index is -3.02. The first-order valence-corrected chi connectivity index (χ1v) is 2.30. The Morgan fingerprint density at radius 2 is 1.62 bits per heavy atom. The van der Waals surface area contributed by atoms with Crippen molar-refractivity contribution in [2.75, 3.05) is 0 Å². The fraction of sp³-hybridized carbons (Fsp3) is 0.333. The molecule has 0 bridgehead atoms. The van der Waals surface area contributed by atoms with Gasteiger partial charge in [-0.15, -0.1) is 0 Å². The summed E-state index contributed by atoms with van der Waals surface area (Å²) in [6.45, 7) is 0. The van der Waals surface area contributed by atoms with E-state index in [0.29, 0.717) is 0 Å². The number of rotatable bonds is 1. The van der Waals surface area contributed by atoms with Crippen LogP contribution >= 0.6 is 23.2 Å². The van der Waals surface area contributed by atoms with Crippen LogP contribution in [0, 0.1) is 0 Å². The molecule has 48 valence electrons. The monoisotopic (exact) mass is 164 g/mol.